The lowest BCUT2D eigenvalue weighted by molar-refractivity contribution is 0.262. The van der Waals surface area contributed by atoms with Gasteiger partial charge in [-0.1, -0.05) is 24.4 Å². The summed E-state index contributed by atoms with van der Waals surface area (Å²) < 4.78 is 0. The van der Waals surface area contributed by atoms with Crippen LogP contribution < -0.4 is 16.8 Å². The largest absolute Gasteiger partial charge is 0.397 e. The van der Waals surface area contributed by atoms with Gasteiger partial charge in [-0.3, -0.25) is 4.79 Å². The van der Waals surface area contributed by atoms with Gasteiger partial charge in [-0.2, -0.15) is 0 Å². The van der Waals surface area contributed by atoms with Crippen LogP contribution in [0.15, 0.2) is 24.8 Å². The van der Waals surface area contributed by atoms with E-state index in [1.54, 1.807) is 19.2 Å². The summed E-state index contributed by atoms with van der Waals surface area (Å²) in [6.45, 7) is 5.91. The van der Waals surface area contributed by atoms with Crippen LogP contribution in [0, 0.1) is 0 Å². The molecule has 0 spiro atoms. The first-order chi connectivity index (χ1) is 7.95. The van der Waals surface area contributed by atoms with Gasteiger partial charge in [0, 0.05) is 12.3 Å². The third kappa shape index (κ3) is 3.42. The third-order valence-electron chi connectivity index (χ3n) is 2.44. The predicted octanol–water partition coefficient (Wildman–Crippen LogP) is 2.33. The van der Waals surface area contributed by atoms with Crippen LogP contribution in [-0.2, 0) is 0 Å². The Bertz CT molecular complexity index is 445. The summed E-state index contributed by atoms with van der Waals surface area (Å²) >= 11 is 1.19. The number of carbonyl (C=O) groups is 1. The van der Waals surface area contributed by atoms with Crippen molar-refractivity contribution < 1.29 is 4.79 Å². The number of thioether (sulfide) groups is 1. The van der Waals surface area contributed by atoms with Gasteiger partial charge in [0.2, 0.25) is 0 Å². The van der Waals surface area contributed by atoms with Crippen LogP contribution in [0.25, 0.3) is 5.57 Å². The highest BCUT2D eigenvalue weighted by Gasteiger charge is 2.13. The van der Waals surface area contributed by atoms with Crippen LogP contribution in [0.5, 0.6) is 0 Å². The molecule has 0 heterocycles. The van der Waals surface area contributed by atoms with Crippen LogP contribution in [0.3, 0.4) is 0 Å². The first kappa shape index (κ1) is 13.4. The summed E-state index contributed by atoms with van der Waals surface area (Å²) in [5, 5.41) is 2.46. The van der Waals surface area contributed by atoms with Crippen LogP contribution in [0.4, 0.5) is 16.2 Å². The Labute approximate surface area is 105 Å². The molecule has 1 amide bonds. The third-order valence-corrected chi connectivity index (χ3v) is 3.49. The molecule has 1 aromatic carbocycles. The second kappa shape index (κ2) is 5.63. The number of rotatable bonds is 3. The van der Waals surface area contributed by atoms with E-state index in [2.05, 4.69) is 11.9 Å². The molecule has 0 fully saturated rings. The van der Waals surface area contributed by atoms with Gasteiger partial charge in [0.15, 0.2) is 0 Å². The number of benzene rings is 1. The second-order valence-corrected chi connectivity index (χ2v) is 4.98. The Morgan fingerprint density at radius 1 is 1.41 bits per heavy atom. The van der Waals surface area contributed by atoms with Crippen molar-refractivity contribution in [2.45, 2.75) is 12.2 Å². The highest BCUT2D eigenvalue weighted by Crippen LogP contribution is 2.29. The van der Waals surface area contributed by atoms with Gasteiger partial charge in [0.05, 0.1) is 11.4 Å². The fourth-order valence-corrected chi connectivity index (χ4v) is 2.02. The lowest BCUT2D eigenvalue weighted by atomic mass is 10.0. The van der Waals surface area contributed by atoms with Crippen molar-refractivity contribution in [3.05, 3.63) is 30.3 Å². The quantitative estimate of drug-likeness (QED) is 0.720. The summed E-state index contributed by atoms with van der Waals surface area (Å²) in [4.78, 5) is 11.2. The highest BCUT2D eigenvalue weighted by atomic mass is 32.2. The van der Waals surface area contributed by atoms with E-state index < -0.39 is 0 Å². The first-order valence-corrected chi connectivity index (χ1v) is 6.06. The molecule has 92 valence electrons. The average Bonchev–Trinajstić information content (AvgIpc) is 2.31. The molecule has 0 aliphatic rings. The second-order valence-electron chi connectivity index (χ2n) is 3.67. The molecule has 5 heteroatoms. The number of carbonyl (C=O) groups excluding carboxylic acids is 1. The topological polar surface area (TPSA) is 81.1 Å². The summed E-state index contributed by atoms with van der Waals surface area (Å²) in [5.41, 5.74) is 14.2. The zero-order valence-electron chi connectivity index (χ0n) is 9.99. The van der Waals surface area contributed by atoms with Crippen molar-refractivity contribution in [3.8, 4) is 0 Å². The van der Waals surface area contributed by atoms with E-state index in [0.717, 1.165) is 11.1 Å². The fraction of sp³-hybridized carbons (Fsp3) is 0.250. The zero-order chi connectivity index (χ0) is 13.0. The molecular weight excluding hydrogens is 234 g/mol. The zero-order valence-corrected chi connectivity index (χ0v) is 10.8. The van der Waals surface area contributed by atoms with Crippen LogP contribution in [0.1, 0.15) is 12.5 Å². The Morgan fingerprint density at radius 3 is 2.59 bits per heavy atom. The van der Waals surface area contributed by atoms with Crippen molar-refractivity contribution in [2.75, 3.05) is 18.5 Å². The van der Waals surface area contributed by atoms with Crippen molar-refractivity contribution in [2.24, 2.45) is 0 Å². The fourth-order valence-electron chi connectivity index (χ4n) is 1.30. The normalized spacial score (nSPS) is 11.9. The minimum atomic E-state index is -0.0814. The van der Waals surface area contributed by atoms with E-state index in [0.29, 0.717) is 11.4 Å². The molecule has 17 heavy (non-hydrogen) atoms. The Kier molecular flexibility index (Phi) is 4.45. The summed E-state index contributed by atoms with van der Waals surface area (Å²) in [6, 6.07) is 5.38. The average molecular weight is 251 g/mol. The minimum absolute atomic E-state index is 0.0158. The molecule has 1 aromatic rings. The number of nitrogens with one attached hydrogen (secondary N) is 1. The van der Waals surface area contributed by atoms with Gasteiger partial charge in [-0.15, -0.1) is 0 Å². The van der Waals surface area contributed by atoms with Gasteiger partial charge in [-0.25, -0.2) is 0 Å². The van der Waals surface area contributed by atoms with Crippen LogP contribution >= 0.6 is 11.8 Å². The Balaban J connectivity index is 2.81. The van der Waals surface area contributed by atoms with Crippen molar-refractivity contribution in [1.82, 2.24) is 5.32 Å². The van der Waals surface area contributed by atoms with E-state index in [-0.39, 0.29) is 10.5 Å². The molecule has 0 aliphatic heterocycles. The van der Waals surface area contributed by atoms with E-state index in [9.17, 15) is 4.79 Å². The summed E-state index contributed by atoms with van der Waals surface area (Å²) in [7, 11) is 1.60. The number of hydrogen-bond donors (Lipinski definition) is 3. The van der Waals surface area contributed by atoms with Gasteiger partial charge in [0.1, 0.15) is 0 Å². The number of anilines is 2. The lowest BCUT2D eigenvalue weighted by Crippen LogP contribution is -2.15. The standard InChI is InChI=1S/C12H17N3OS/c1-7(8(2)17-12(16)15-3)9-4-5-10(13)11(14)6-9/h4-6,8H,1,13-14H2,2-3H3,(H,15,16). The van der Waals surface area contributed by atoms with Crippen LogP contribution in [0.2, 0.25) is 0 Å². The predicted molar refractivity (Wildman–Crippen MR) is 75.8 cm³/mol. The van der Waals surface area contributed by atoms with Gasteiger partial charge in [0.25, 0.3) is 5.24 Å². The summed E-state index contributed by atoms with van der Waals surface area (Å²) in [5.74, 6) is 0. The van der Waals surface area contributed by atoms with Gasteiger partial charge in [-0.05, 0) is 30.2 Å². The molecule has 5 N–H and O–H groups in total. The monoisotopic (exact) mass is 251 g/mol. The molecule has 1 atom stereocenters. The molecular formula is C12H17N3OS. The maximum absolute atomic E-state index is 11.2. The Hall–Kier alpha value is -1.62. The molecule has 1 rings (SSSR count). The highest BCUT2D eigenvalue weighted by molar-refractivity contribution is 8.14. The van der Waals surface area contributed by atoms with Crippen molar-refractivity contribution in [1.29, 1.82) is 0 Å². The minimum Gasteiger partial charge on any atom is -0.397 e. The van der Waals surface area contributed by atoms with Crippen molar-refractivity contribution >= 4 is 33.9 Å². The maximum atomic E-state index is 11.2. The van der Waals surface area contributed by atoms with Crippen molar-refractivity contribution in [3.63, 3.8) is 0 Å². The molecule has 1 unspecified atom stereocenters. The molecule has 0 radical (unpaired) electrons. The number of nitrogen functional groups attached to an aromatic ring is 2. The van der Waals surface area contributed by atoms with E-state index >= 15 is 0 Å². The first-order valence-electron chi connectivity index (χ1n) is 5.18. The summed E-state index contributed by atoms with van der Waals surface area (Å²) in [6.07, 6.45) is 0. The smallest absolute Gasteiger partial charge is 0.279 e. The molecule has 0 aliphatic carbocycles. The lowest BCUT2D eigenvalue weighted by Gasteiger charge is -2.14. The van der Waals surface area contributed by atoms with E-state index in [1.165, 1.54) is 11.8 Å². The Morgan fingerprint density at radius 2 is 2.06 bits per heavy atom. The number of amides is 1. The molecule has 4 nitrogen and oxygen atoms in total. The molecule has 0 saturated carbocycles. The maximum Gasteiger partial charge on any atom is 0.279 e. The van der Waals surface area contributed by atoms with E-state index in [4.69, 9.17) is 11.5 Å². The SMILES string of the molecule is C=C(c1ccc(N)c(N)c1)C(C)SC(=O)NC. The van der Waals surface area contributed by atoms with E-state index in [1.807, 2.05) is 13.0 Å². The molecule has 0 bridgehead atoms. The molecule has 0 aromatic heterocycles. The molecule has 0 saturated heterocycles. The van der Waals surface area contributed by atoms with Gasteiger partial charge < -0.3 is 16.8 Å². The number of hydrogen-bond acceptors (Lipinski definition) is 4. The number of nitrogens with two attached hydrogens (primary N) is 2. The van der Waals surface area contributed by atoms with Gasteiger partial charge >= 0.3 is 0 Å². The van der Waals surface area contributed by atoms with Crippen LogP contribution in [-0.4, -0.2) is 17.5 Å².